The SMILES string of the molecule is CC(NC(=O)N(C)C1CCN(C)CC1)c1ccc(NC(=O)Nc2cccs2)c(Cl)c1Cl. The van der Waals surface area contributed by atoms with Crippen LogP contribution in [-0.4, -0.2) is 55.1 Å². The largest absolute Gasteiger partial charge is 0.331 e. The monoisotopic (exact) mass is 483 g/mol. The predicted molar refractivity (Wildman–Crippen MR) is 129 cm³/mol. The van der Waals surface area contributed by atoms with Crippen molar-refractivity contribution in [1.82, 2.24) is 15.1 Å². The second-order valence-electron chi connectivity index (χ2n) is 7.70. The van der Waals surface area contributed by atoms with Crippen LogP contribution in [-0.2, 0) is 0 Å². The maximum atomic E-state index is 12.7. The zero-order chi connectivity index (χ0) is 22.5. The molecule has 1 aliphatic heterocycles. The van der Waals surface area contributed by atoms with Crippen molar-refractivity contribution in [2.75, 3.05) is 37.8 Å². The predicted octanol–water partition coefficient (Wildman–Crippen LogP) is 5.50. The van der Waals surface area contributed by atoms with Crippen molar-refractivity contribution >= 4 is 57.3 Å². The number of nitrogens with one attached hydrogen (secondary N) is 3. The molecule has 2 aromatic rings. The van der Waals surface area contributed by atoms with Gasteiger partial charge in [0.1, 0.15) is 0 Å². The minimum absolute atomic E-state index is 0.147. The van der Waals surface area contributed by atoms with Gasteiger partial charge in [-0.2, -0.15) is 0 Å². The maximum Gasteiger partial charge on any atom is 0.324 e. The minimum atomic E-state index is -0.408. The van der Waals surface area contributed by atoms with Gasteiger partial charge in [0.25, 0.3) is 0 Å². The summed E-state index contributed by atoms with van der Waals surface area (Å²) < 4.78 is 0. The average molecular weight is 484 g/mol. The van der Waals surface area contributed by atoms with E-state index in [1.165, 1.54) is 11.3 Å². The second-order valence-corrected chi connectivity index (χ2v) is 9.41. The van der Waals surface area contributed by atoms with Gasteiger partial charge in [0.2, 0.25) is 0 Å². The van der Waals surface area contributed by atoms with Gasteiger partial charge in [-0.1, -0.05) is 29.3 Å². The molecule has 0 bridgehead atoms. The summed E-state index contributed by atoms with van der Waals surface area (Å²) >= 11 is 14.3. The van der Waals surface area contributed by atoms with Crippen LogP contribution in [0.25, 0.3) is 0 Å². The molecule has 7 nitrogen and oxygen atoms in total. The third kappa shape index (κ3) is 6.04. The smallest absolute Gasteiger partial charge is 0.324 e. The molecule has 31 heavy (non-hydrogen) atoms. The standard InChI is InChI=1S/C21H27Cl2N5O2S/c1-13(24-21(30)28(3)14-8-10-27(2)11-9-14)15-6-7-16(19(23)18(15)22)25-20(29)26-17-5-4-12-31-17/h4-7,12-14H,8-11H2,1-3H3,(H,24,30)(H2,25,26,29). The quantitative estimate of drug-likeness (QED) is 0.525. The van der Waals surface area contributed by atoms with E-state index in [0.717, 1.165) is 30.9 Å². The highest BCUT2D eigenvalue weighted by Gasteiger charge is 2.25. The molecule has 0 saturated carbocycles. The van der Waals surface area contributed by atoms with E-state index < -0.39 is 6.03 Å². The first-order valence-electron chi connectivity index (χ1n) is 10.1. The number of halogens is 2. The Balaban J connectivity index is 1.62. The molecule has 1 atom stereocenters. The zero-order valence-corrected chi connectivity index (χ0v) is 20.1. The molecule has 1 unspecified atom stereocenters. The third-order valence-electron chi connectivity index (χ3n) is 5.48. The topological polar surface area (TPSA) is 76.7 Å². The fraction of sp³-hybridized carbons (Fsp3) is 0.429. The molecule has 1 saturated heterocycles. The van der Waals surface area contributed by atoms with E-state index in [2.05, 4.69) is 27.9 Å². The molecule has 1 fully saturated rings. The van der Waals surface area contributed by atoms with Crippen LogP contribution in [0.1, 0.15) is 31.4 Å². The molecule has 10 heteroatoms. The number of piperidine rings is 1. The summed E-state index contributed by atoms with van der Waals surface area (Å²) in [6.45, 7) is 3.82. The minimum Gasteiger partial charge on any atom is -0.331 e. The number of rotatable bonds is 5. The molecule has 168 valence electrons. The van der Waals surface area contributed by atoms with Crippen molar-refractivity contribution in [2.45, 2.75) is 31.8 Å². The number of anilines is 2. The first-order valence-corrected chi connectivity index (χ1v) is 11.7. The summed E-state index contributed by atoms with van der Waals surface area (Å²) in [6, 6.07) is 6.40. The molecule has 4 amide bonds. The molecule has 0 aliphatic carbocycles. The number of thiophene rings is 1. The van der Waals surface area contributed by atoms with E-state index >= 15 is 0 Å². The Morgan fingerprint density at radius 2 is 1.87 bits per heavy atom. The Kier molecular flexibility index (Phi) is 8.05. The number of hydrogen-bond acceptors (Lipinski definition) is 4. The van der Waals surface area contributed by atoms with Crippen LogP contribution in [0.4, 0.5) is 20.3 Å². The summed E-state index contributed by atoms with van der Waals surface area (Å²) in [5.74, 6) is 0. The van der Waals surface area contributed by atoms with Gasteiger partial charge < -0.3 is 20.4 Å². The number of benzene rings is 1. The van der Waals surface area contributed by atoms with E-state index in [1.54, 1.807) is 23.1 Å². The summed E-state index contributed by atoms with van der Waals surface area (Å²) in [7, 11) is 3.92. The molecule has 1 aromatic heterocycles. The van der Waals surface area contributed by atoms with Gasteiger partial charge >= 0.3 is 12.1 Å². The molecule has 0 spiro atoms. The normalized spacial score (nSPS) is 15.9. The number of nitrogens with zero attached hydrogens (tertiary/aromatic N) is 2. The van der Waals surface area contributed by atoms with Crippen LogP contribution in [0.2, 0.25) is 10.0 Å². The Hall–Kier alpha value is -2.00. The highest BCUT2D eigenvalue weighted by Crippen LogP contribution is 2.36. The molecule has 3 N–H and O–H groups in total. The maximum absolute atomic E-state index is 12.7. The number of carbonyl (C=O) groups is 2. The fourth-order valence-electron chi connectivity index (χ4n) is 3.52. The molecule has 1 aliphatic rings. The van der Waals surface area contributed by atoms with Crippen LogP contribution in [0.3, 0.4) is 0 Å². The summed E-state index contributed by atoms with van der Waals surface area (Å²) in [5.41, 5.74) is 1.08. The van der Waals surface area contributed by atoms with Crippen LogP contribution in [0.5, 0.6) is 0 Å². The van der Waals surface area contributed by atoms with Crippen LogP contribution in [0, 0.1) is 0 Å². The Bertz CT molecular complexity index is 917. The lowest BCUT2D eigenvalue weighted by Crippen LogP contribution is -2.48. The van der Waals surface area contributed by atoms with E-state index in [1.807, 2.05) is 25.4 Å². The van der Waals surface area contributed by atoms with Gasteiger partial charge in [0.05, 0.1) is 26.8 Å². The number of urea groups is 2. The fourth-order valence-corrected chi connectivity index (χ4v) is 4.68. The molecule has 0 radical (unpaired) electrons. The summed E-state index contributed by atoms with van der Waals surface area (Å²) in [5, 5.41) is 11.5. The number of carbonyl (C=O) groups excluding carboxylic acids is 2. The van der Waals surface area contributed by atoms with Gasteiger partial charge in [0.15, 0.2) is 0 Å². The number of likely N-dealkylation sites (tertiary alicyclic amines) is 1. The first-order chi connectivity index (χ1) is 14.8. The third-order valence-corrected chi connectivity index (χ3v) is 7.16. The molecule has 2 heterocycles. The van der Waals surface area contributed by atoms with Gasteiger partial charge in [-0.3, -0.25) is 5.32 Å². The average Bonchev–Trinajstić information content (AvgIpc) is 3.24. The summed E-state index contributed by atoms with van der Waals surface area (Å²) in [6.07, 6.45) is 1.91. The van der Waals surface area contributed by atoms with Crippen molar-refractivity contribution in [3.05, 3.63) is 45.3 Å². The van der Waals surface area contributed by atoms with Crippen molar-refractivity contribution < 1.29 is 9.59 Å². The lowest BCUT2D eigenvalue weighted by Gasteiger charge is -2.35. The van der Waals surface area contributed by atoms with E-state index in [4.69, 9.17) is 23.2 Å². The van der Waals surface area contributed by atoms with Gasteiger partial charge in [-0.15, -0.1) is 11.3 Å². The van der Waals surface area contributed by atoms with Crippen molar-refractivity contribution in [1.29, 1.82) is 0 Å². The van der Waals surface area contributed by atoms with Crippen molar-refractivity contribution in [3.63, 3.8) is 0 Å². The van der Waals surface area contributed by atoms with Crippen molar-refractivity contribution in [3.8, 4) is 0 Å². The van der Waals surface area contributed by atoms with Crippen molar-refractivity contribution in [2.24, 2.45) is 0 Å². The van der Waals surface area contributed by atoms with E-state index in [-0.39, 0.29) is 23.1 Å². The molecular formula is C21H27Cl2N5O2S. The first kappa shape index (κ1) is 23.7. The zero-order valence-electron chi connectivity index (χ0n) is 17.7. The highest BCUT2D eigenvalue weighted by atomic mass is 35.5. The van der Waals surface area contributed by atoms with Crippen LogP contribution < -0.4 is 16.0 Å². The van der Waals surface area contributed by atoms with Gasteiger partial charge in [0, 0.05) is 13.1 Å². The van der Waals surface area contributed by atoms with E-state index in [9.17, 15) is 9.59 Å². The second kappa shape index (κ2) is 10.5. The Morgan fingerprint density at radius 3 is 2.52 bits per heavy atom. The summed E-state index contributed by atoms with van der Waals surface area (Å²) in [4.78, 5) is 28.9. The van der Waals surface area contributed by atoms with Gasteiger partial charge in [-0.25, -0.2) is 9.59 Å². The van der Waals surface area contributed by atoms with E-state index in [0.29, 0.717) is 16.3 Å². The van der Waals surface area contributed by atoms with Crippen LogP contribution >= 0.6 is 34.5 Å². The Labute approximate surface area is 196 Å². The molecular weight excluding hydrogens is 457 g/mol. The Morgan fingerprint density at radius 1 is 1.16 bits per heavy atom. The van der Waals surface area contributed by atoms with Crippen LogP contribution in [0.15, 0.2) is 29.6 Å². The number of hydrogen-bond donors (Lipinski definition) is 3. The number of amides is 4. The lowest BCUT2D eigenvalue weighted by molar-refractivity contribution is 0.146. The molecule has 1 aromatic carbocycles. The lowest BCUT2D eigenvalue weighted by atomic mass is 10.0. The molecule has 3 rings (SSSR count). The highest BCUT2D eigenvalue weighted by molar-refractivity contribution is 7.14. The van der Waals surface area contributed by atoms with Gasteiger partial charge in [-0.05, 0) is 69.0 Å².